The van der Waals surface area contributed by atoms with E-state index in [1.807, 2.05) is 55.6 Å². The first-order chi connectivity index (χ1) is 11.6. The van der Waals surface area contributed by atoms with Gasteiger partial charge in [0.05, 0.1) is 12.8 Å². The summed E-state index contributed by atoms with van der Waals surface area (Å²) in [5, 5.41) is 8.18. The number of hydrazone groups is 1. The Balaban J connectivity index is 1.54. The maximum absolute atomic E-state index is 11.9. The molecule has 2 aromatic carbocycles. The molecule has 0 fully saturated rings. The Morgan fingerprint density at radius 1 is 1.29 bits per heavy atom. The number of nitrogens with one attached hydrogen (secondary N) is 3. The maximum Gasteiger partial charge on any atom is 0.259 e. The van der Waals surface area contributed by atoms with Crippen LogP contribution in [0.3, 0.4) is 0 Å². The van der Waals surface area contributed by atoms with Crippen LogP contribution in [-0.2, 0) is 4.79 Å². The number of aromatic amines is 1. The van der Waals surface area contributed by atoms with Crippen LogP contribution >= 0.6 is 22.6 Å². The largest absolute Gasteiger partial charge is 0.376 e. The molecule has 0 aliphatic rings. The molecule has 1 heterocycles. The van der Waals surface area contributed by atoms with E-state index < -0.39 is 0 Å². The summed E-state index contributed by atoms with van der Waals surface area (Å²) in [5.74, 6) is -0.192. The molecule has 1 amide bonds. The molecule has 0 aliphatic carbocycles. The zero-order chi connectivity index (χ0) is 16.9. The minimum Gasteiger partial charge on any atom is -0.376 e. The van der Waals surface area contributed by atoms with Crippen LogP contribution < -0.4 is 10.7 Å². The number of benzene rings is 2. The Hall–Kier alpha value is -2.35. The van der Waals surface area contributed by atoms with Crippen LogP contribution in [0.1, 0.15) is 11.1 Å². The lowest BCUT2D eigenvalue weighted by Crippen LogP contribution is -2.25. The number of anilines is 1. The van der Waals surface area contributed by atoms with Crippen molar-refractivity contribution in [3.8, 4) is 0 Å². The highest BCUT2D eigenvalue weighted by atomic mass is 127. The molecule has 1 aromatic heterocycles. The first-order valence-corrected chi connectivity index (χ1v) is 8.59. The van der Waals surface area contributed by atoms with Gasteiger partial charge in [-0.1, -0.05) is 18.2 Å². The minimum absolute atomic E-state index is 0.172. The number of aryl methyl sites for hydroxylation is 1. The van der Waals surface area contributed by atoms with Crippen molar-refractivity contribution in [1.82, 2.24) is 10.4 Å². The third kappa shape index (κ3) is 3.94. The fraction of sp³-hybridized carbons (Fsp3) is 0.111. The second-order valence-electron chi connectivity index (χ2n) is 5.40. The Labute approximate surface area is 153 Å². The molecule has 0 radical (unpaired) electrons. The van der Waals surface area contributed by atoms with Gasteiger partial charge in [0.15, 0.2) is 0 Å². The third-order valence-electron chi connectivity index (χ3n) is 3.63. The zero-order valence-electron chi connectivity index (χ0n) is 13.1. The number of H-pyrrole nitrogens is 1. The second-order valence-corrected chi connectivity index (χ2v) is 6.56. The van der Waals surface area contributed by atoms with Crippen LogP contribution in [0.2, 0.25) is 0 Å². The molecule has 122 valence electrons. The fourth-order valence-corrected chi connectivity index (χ4v) is 2.69. The van der Waals surface area contributed by atoms with Crippen LogP contribution in [0.25, 0.3) is 10.9 Å². The van der Waals surface area contributed by atoms with Crippen molar-refractivity contribution >= 4 is 51.3 Å². The average Bonchev–Trinajstić information content (AvgIpc) is 2.99. The van der Waals surface area contributed by atoms with E-state index in [-0.39, 0.29) is 12.5 Å². The lowest BCUT2D eigenvalue weighted by molar-refractivity contribution is -0.119. The van der Waals surface area contributed by atoms with Crippen molar-refractivity contribution in [2.45, 2.75) is 6.92 Å². The number of amides is 1. The Kier molecular flexibility index (Phi) is 5.14. The van der Waals surface area contributed by atoms with Gasteiger partial charge in [-0.05, 0) is 59.3 Å². The van der Waals surface area contributed by atoms with E-state index in [0.717, 1.165) is 22.2 Å². The highest BCUT2D eigenvalue weighted by Crippen LogP contribution is 2.17. The Morgan fingerprint density at radius 3 is 2.96 bits per heavy atom. The molecule has 0 bridgehead atoms. The predicted molar refractivity (Wildman–Crippen MR) is 106 cm³/mol. The monoisotopic (exact) mass is 432 g/mol. The summed E-state index contributed by atoms with van der Waals surface area (Å²) < 4.78 is 1.20. The number of hydrogen-bond acceptors (Lipinski definition) is 3. The first kappa shape index (κ1) is 16.5. The summed E-state index contributed by atoms with van der Waals surface area (Å²) in [4.78, 5) is 15.0. The van der Waals surface area contributed by atoms with E-state index in [4.69, 9.17) is 0 Å². The van der Waals surface area contributed by atoms with Crippen molar-refractivity contribution in [3.63, 3.8) is 0 Å². The molecule has 0 aliphatic heterocycles. The standard InChI is InChI=1S/C18H17IN4O/c1-12-8-14(6-7-16(12)19)20-11-18(24)23-22-10-13-9-21-17-5-3-2-4-15(13)17/h2-10,20-21H,11H2,1H3,(H,23,24)/b22-10+. The van der Waals surface area contributed by atoms with Gasteiger partial charge in [0.2, 0.25) is 0 Å². The number of carbonyl (C=O) groups is 1. The predicted octanol–water partition coefficient (Wildman–Crippen LogP) is 3.64. The van der Waals surface area contributed by atoms with Crippen molar-refractivity contribution in [2.75, 3.05) is 11.9 Å². The van der Waals surface area contributed by atoms with Crippen molar-refractivity contribution in [1.29, 1.82) is 0 Å². The third-order valence-corrected chi connectivity index (χ3v) is 4.84. The normalized spacial score (nSPS) is 11.1. The minimum atomic E-state index is -0.192. The Morgan fingerprint density at radius 2 is 2.12 bits per heavy atom. The van der Waals surface area contributed by atoms with Crippen LogP contribution in [0.4, 0.5) is 5.69 Å². The van der Waals surface area contributed by atoms with Gasteiger partial charge < -0.3 is 10.3 Å². The lowest BCUT2D eigenvalue weighted by atomic mass is 10.2. The van der Waals surface area contributed by atoms with E-state index in [0.29, 0.717) is 0 Å². The molecule has 24 heavy (non-hydrogen) atoms. The van der Waals surface area contributed by atoms with Crippen molar-refractivity contribution < 1.29 is 4.79 Å². The van der Waals surface area contributed by atoms with Crippen molar-refractivity contribution in [2.24, 2.45) is 5.10 Å². The van der Waals surface area contributed by atoms with Gasteiger partial charge in [-0.25, -0.2) is 5.43 Å². The number of hydrogen-bond donors (Lipinski definition) is 3. The number of para-hydroxylation sites is 1. The summed E-state index contributed by atoms with van der Waals surface area (Å²) in [5.41, 5.74) is 6.61. The molecule has 3 aromatic rings. The smallest absolute Gasteiger partial charge is 0.259 e. The van der Waals surface area contributed by atoms with Gasteiger partial charge in [0, 0.05) is 31.9 Å². The van der Waals surface area contributed by atoms with Gasteiger partial charge >= 0.3 is 0 Å². The van der Waals surface area contributed by atoms with E-state index in [1.165, 1.54) is 9.13 Å². The fourth-order valence-electron chi connectivity index (χ4n) is 2.35. The molecular formula is C18H17IN4O. The van der Waals surface area contributed by atoms with Gasteiger partial charge in [-0.3, -0.25) is 4.79 Å². The molecule has 0 saturated carbocycles. The van der Waals surface area contributed by atoms with Gasteiger partial charge in [0.1, 0.15) is 0 Å². The molecule has 3 rings (SSSR count). The van der Waals surface area contributed by atoms with E-state index in [9.17, 15) is 4.79 Å². The molecule has 0 atom stereocenters. The van der Waals surface area contributed by atoms with E-state index in [1.54, 1.807) is 6.21 Å². The molecule has 6 heteroatoms. The SMILES string of the molecule is Cc1cc(NCC(=O)N/N=C/c2c[nH]c3ccccc23)ccc1I. The van der Waals surface area contributed by atoms with Crippen LogP contribution in [-0.4, -0.2) is 23.7 Å². The van der Waals surface area contributed by atoms with Crippen LogP contribution in [0, 0.1) is 10.5 Å². The lowest BCUT2D eigenvalue weighted by Gasteiger charge is -2.07. The van der Waals surface area contributed by atoms with Crippen LogP contribution in [0.5, 0.6) is 0 Å². The number of halogens is 1. The van der Waals surface area contributed by atoms with Crippen LogP contribution in [0.15, 0.2) is 53.8 Å². The number of aromatic nitrogens is 1. The summed E-state index contributed by atoms with van der Waals surface area (Å²) >= 11 is 2.28. The van der Waals surface area contributed by atoms with E-state index >= 15 is 0 Å². The molecular weight excluding hydrogens is 415 g/mol. The number of fused-ring (bicyclic) bond motifs is 1. The van der Waals surface area contributed by atoms with E-state index in [2.05, 4.69) is 43.4 Å². The summed E-state index contributed by atoms with van der Waals surface area (Å²) in [6.07, 6.45) is 3.51. The number of rotatable bonds is 5. The van der Waals surface area contributed by atoms with Gasteiger partial charge in [-0.15, -0.1) is 0 Å². The molecule has 0 saturated heterocycles. The van der Waals surface area contributed by atoms with Gasteiger partial charge in [0.25, 0.3) is 5.91 Å². The zero-order valence-corrected chi connectivity index (χ0v) is 15.3. The van der Waals surface area contributed by atoms with Gasteiger partial charge in [-0.2, -0.15) is 5.10 Å². The summed E-state index contributed by atoms with van der Waals surface area (Å²) in [7, 11) is 0. The quantitative estimate of drug-likeness (QED) is 0.328. The highest BCUT2D eigenvalue weighted by molar-refractivity contribution is 14.1. The first-order valence-electron chi connectivity index (χ1n) is 7.51. The van der Waals surface area contributed by atoms with Crippen molar-refractivity contribution in [3.05, 3.63) is 63.4 Å². The maximum atomic E-state index is 11.9. The summed E-state index contributed by atoms with van der Waals surface area (Å²) in [6, 6.07) is 13.9. The Bertz CT molecular complexity index is 901. The number of nitrogens with zero attached hydrogens (tertiary/aromatic N) is 1. The molecule has 0 spiro atoms. The number of carbonyl (C=O) groups excluding carboxylic acids is 1. The topological polar surface area (TPSA) is 69.3 Å². The molecule has 3 N–H and O–H groups in total. The summed E-state index contributed by atoms with van der Waals surface area (Å²) in [6.45, 7) is 2.21. The average molecular weight is 432 g/mol. The molecule has 5 nitrogen and oxygen atoms in total. The highest BCUT2D eigenvalue weighted by Gasteiger charge is 2.02. The molecule has 0 unspecified atom stereocenters. The second kappa shape index (κ2) is 7.48.